The molecule has 70 heavy (non-hydrogen) atoms. The number of halogens is 4. The molecule has 8 aromatic rings. The van der Waals surface area contributed by atoms with Gasteiger partial charge >= 0.3 is 0 Å². The van der Waals surface area contributed by atoms with Gasteiger partial charge in [0.2, 0.25) is 0 Å². The molecule has 2 aliphatic rings. The number of allylic oxidation sites excluding steroid dienone is 10. The number of nitrogens with zero attached hydrogens (tertiary/aromatic N) is 8. The molecule has 0 atom stereocenters. The molecule has 2 aromatic heterocycles. The Morgan fingerprint density at radius 1 is 0.343 bits per heavy atom. The smallest absolute Gasteiger partial charge is 0.162 e. The molecule has 2 aliphatic carbocycles. The number of aromatic nitrogens is 4. The van der Waals surface area contributed by atoms with Gasteiger partial charge in [-0.1, -0.05) is 121 Å². The van der Waals surface area contributed by atoms with E-state index in [9.17, 15) is 21.0 Å². The van der Waals surface area contributed by atoms with Gasteiger partial charge in [0, 0.05) is 67.8 Å². The van der Waals surface area contributed by atoms with Gasteiger partial charge in [0.05, 0.1) is 45.1 Å². The second-order valence-corrected chi connectivity index (χ2v) is 15.9. The first kappa shape index (κ1) is 43.7. The molecule has 328 valence electrons. The topological polar surface area (TPSA) is 147 Å². The maximum absolute atomic E-state index is 15.3. The molecule has 10 rings (SSSR count). The third-order valence-electron chi connectivity index (χ3n) is 11.7. The van der Waals surface area contributed by atoms with E-state index in [-0.39, 0.29) is 67.4 Å². The van der Waals surface area contributed by atoms with Gasteiger partial charge in [0.25, 0.3) is 0 Å². The molecule has 0 spiro atoms. The summed E-state index contributed by atoms with van der Waals surface area (Å²) in [5.74, 6) is -4.38. The second kappa shape index (κ2) is 18.3. The molecule has 0 N–H and O–H groups in total. The van der Waals surface area contributed by atoms with Crippen LogP contribution in [0.3, 0.4) is 0 Å². The Morgan fingerprint density at radius 2 is 0.614 bits per heavy atom. The van der Waals surface area contributed by atoms with Crippen molar-refractivity contribution < 1.29 is 17.6 Å². The predicted molar refractivity (Wildman–Crippen MR) is 256 cm³/mol. The van der Waals surface area contributed by atoms with Crippen LogP contribution in [0.5, 0.6) is 0 Å². The quantitative estimate of drug-likeness (QED) is 0.108. The summed E-state index contributed by atoms with van der Waals surface area (Å²) in [7, 11) is 0. The number of benzene rings is 6. The van der Waals surface area contributed by atoms with Crippen LogP contribution in [-0.2, 0) is 0 Å². The maximum Gasteiger partial charge on any atom is 0.162 e. The molecule has 0 saturated heterocycles. The van der Waals surface area contributed by atoms with Crippen molar-refractivity contribution in [3.05, 3.63) is 249 Å². The lowest BCUT2D eigenvalue weighted by Gasteiger charge is -2.18. The van der Waals surface area contributed by atoms with Gasteiger partial charge in [-0.3, -0.25) is 0 Å². The SMILES string of the molecule is N#CC1=C(c2nc(-c3ccccc3)cc(-c3ccccc3)n2)/C(=C(\C#N)c2cc(F)cc(F)c2)C2=C1/C(=C(/C#N)c1cc(F)cc(F)c1)C(c1nc(-c3ccccc3)cc(-c3ccccc3)n1)=C2C#N. The molecule has 0 bridgehead atoms. The Labute approximate surface area is 398 Å². The van der Waals surface area contributed by atoms with Crippen molar-refractivity contribution in [2.45, 2.75) is 0 Å². The standard InChI is InChI=1S/C58H28F4N8/c59-39-21-37(22-40(60)25-39)43(29-63)51-54-46(32-66)56(58-69-49(35-17-9-3-10-18-35)28-50(70-58)36-19-11-4-12-20-36)52(44(30-64)38-23-41(61)26-42(62)24-38)53(54)45(31-65)55(51)57-67-47(33-13-5-1-6-14-33)27-48(68-57)34-15-7-2-8-16-34/h1-28H/b51-43+,52-44+. The van der Waals surface area contributed by atoms with E-state index in [0.717, 1.165) is 24.3 Å². The maximum atomic E-state index is 15.3. The Hall–Kier alpha value is -10.1. The van der Waals surface area contributed by atoms with Crippen molar-refractivity contribution in [3.63, 3.8) is 0 Å². The van der Waals surface area contributed by atoms with E-state index in [1.165, 1.54) is 0 Å². The number of hydrogen-bond donors (Lipinski definition) is 0. The minimum absolute atomic E-state index is 0.125. The van der Waals surface area contributed by atoms with Gasteiger partial charge in [-0.05, 0) is 47.5 Å². The normalized spacial score (nSPS) is 14.4. The van der Waals surface area contributed by atoms with E-state index >= 15 is 17.6 Å². The zero-order valence-corrected chi connectivity index (χ0v) is 36.3. The molecule has 2 heterocycles. The van der Waals surface area contributed by atoms with E-state index in [4.69, 9.17) is 19.9 Å². The summed E-state index contributed by atoms with van der Waals surface area (Å²) in [6, 6.07) is 53.4. The number of nitriles is 4. The van der Waals surface area contributed by atoms with Crippen molar-refractivity contribution in [2.75, 3.05) is 0 Å². The molecule has 0 radical (unpaired) electrons. The third-order valence-corrected chi connectivity index (χ3v) is 11.7. The summed E-state index contributed by atoms with van der Waals surface area (Å²) >= 11 is 0. The van der Waals surface area contributed by atoms with Gasteiger partial charge in [0.15, 0.2) is 11.6 Å². The van der Waals surface area contributed by atoms with Crippen molar-refractivity contribution in [1.29, 1.82) is 21.0 Å². The van der Waals surface area contributed by atoms with Crippen LogP contribution in [0, 0.1) is 68.6 Å². The summed E-state index contributed by atoms with van der Waals surface area (Å²) in [6.07, 6.45) is 0. The molecule has 0 amide bonds. The van der Waals surface area contributed by atoms with Crippen molar-refractivity contribution >= 4 is 22.3 Å². The molecule has 0 fully saturated rings. The molecular formula is C58H28F4N8. The number of hydrogen-bond acceptors (Lipinski definition) is 8. The minimum atomic E-state index is -1.03. The summed E-state index contributed by atoms with van der Waals surface area (Å²) in [5.41, 5.74) is 1.37. The first-order valence-electron chi connectivity index (χ1n) is 21.5. The van der Waals surface area contributed by atoms with Crippen molar-refractivity contribution in [3.8, 4) is 69.3 Å². The molecule has 8 nitrogen and oxygen atoms in total. The fraction of sp³-hybridized carbons (Fsp3) is 0. The fourth-order valence-electron chi connectivity index (χ4n) is 8.74. The van der Waals surface area contributed by atoms with Crippen molar-refractivity contribution in [1.82, 2.24) is 19.9 Å². The van der Waals surface area contributed by atoms with Crippen LogP contribution in [0.4, 0.5) is 17.6 Å². The van der Waals surface area contributed by atoms with Crippen LogP contribution in [0.2, 0.25) is 0 Å². The van der Waals surface area contributed by atoms with Gasteiger partial charge in [-0.15, -0.1) is 0 Å². The first-order chi connectivity index (χ1) is 34.2. The minimum Gasteiger partial charge on any atom is -0.228 e. The summed E-state index contributed by atoms with van der Waals surface area (Å²) in [4.78, 5) is 19.9. The van der Waals surface area contributed by atoms with Crippen LogP contribution >= 0.6 is 0 Å². The monoisotopic (exact) mass is 912 g/mol. The lowest BCUT2D eigenvalue weighted by atomic mass is 9.86. The fourth-order valence-corrected chi connectivity index (χ4v) is 8.74. The zero-order valence-electron chi connectivity index (χ0n) is 36.3. The number of rotatable bonds is 8. The van der Waals surface area contributed by atoms with E-state index in [1.54, 1.807) is 12.1 Å². The van der Waals surface area contributed by atoms with E-state index in [1.807, 2.05) is 121 Å². The van der Waals surface area contributed by atoms with E-state index in [2.05, 4.69) is 24.3 Å². The van der Waals surface area contributed by atoms with Crippen LogP contribution in [0.25, 0.3) is 67.3 Å². The van der Waals surface area contributed by atoms with E-state index in [0.29, 0.717) is 57.2 Å². The average molecular weight is 913 g/mol. The van der Waals surface area contributed by atoms with Gasteiger partial charge in [-0.2, -0.15) is 21.0 Å². The predicted octanol–water partition coefficient (Wildman–Crippen LogP) is 13.0. The highest BCUT2D eigenvalue weighted by molar-refractivity contribution is 6.16. The van der Waals surface area contributed by atoms with Crippen molar-refractivity contribution in [2.24, 2.45) is 0 Å². The Morgan fingerprint density at radius 3 is 0.857 bits per heavy atom. The Balaban J connectivity index is 1.38. The molecule has 0 aliphatic heterocycles. The molecule has 6 aromatic carbocycles. The summed E-state index contributed by atoms with van der Waals surface area (Å²) in [6.45, 7) is 0. The van der Waals surface area contributed by atoms with Gasteiger partial charge in [-0.25, -0.2) is 37.5 Å². The average Bonchev–Trinajstić information content (AvgIpc) is 3.89. The summed E-state index contributed by atoms with van der Waals surface area (Å²) in [5, 5.41) is 45.7. The lowest BCUT2D eigenvalue weighted by Crippen LogP contribution is -2.07. The highest BCUT2D eigenvalue weighted by Gasteiger charge is 2.46. The highest BCUT2D eigenvalue weighted by Crippen LogP contribution is 2.59. The second-order valence-electron chi connectivity index (χ2n) is 15.9. The van der Waals surface area contributed by atoms with Crippen LogP contribution in [0.1, 0.15) is 22.8 Å². The molecular weight excluding hydrogens is 885 g/mol. The van der Waals surface area contributed by atoms with Gasteiger partial charge < -0.3 is 0 Å². The Bertz CT molecular complexity index is 3420. The molecule has 0 saturated carbocycles. The lowest BCUT2D eigenvalue weighted by molar-refractivity contribution is 0.582. The van der Waals surface area contributed by atoms with Gasteiger partial charge in [0.1, 0.15) is 47.5 Å². The zero-order chi connectivity index (χ0) is 48.5. The van der Waals surface area contributed by atoms with Crippen LogP contribution in [0.15, 0.2) is 203 Å². The van der Waals surface area contributed by atoms with Crippen LogP contribution in [-0.4, -0.2) is 19.9 Å². The van der Waals surface area contributed by atoms with Crippen LogP contribution < -0.4 is 0 Å². The first-order valence-corrected chi connectivity index (χ1v) is 21.5. The van der Waals surface area contributed by atoms with E-state index < -0.39 is 34.4 Å². The largest absolute Gasteiger partial charge is 0.228 e. The molecule has 12 heteroatoms. The molecule has 0 unspecified atom stereocenters. The Kier molecular flexibility index (Phi) is 11.4. The highest BCUT2D eigenvalue weighted by atomic mass is 19.1. The third kappa shape index (κ3) is 7.90. The summed E-state index contributed by atoms with van der Waals surface area (Å²) < 4.78 is 61.3.